The van der Waals surface area contributed by atoms with Crippen LogP contribution in [0.4, 0.5) is 13.2 Å². The molecule has 1 amide bonds. The molecule has 8 nitrogen and oxygen atoms in total. The number of carbonyl (C=O) groups excluding carboxylic acids is 1. The number of methoxy groups -OCH3 is 1. The third-order valence-corrected chi connectivity index (χ3v) is 6.76. The summed E-state index contributed by atoms with van der Waals surface area (Å²) in [7, 11) is -1.86. The number of benzene rings is 2. The number of carbonyl (C=O) groups is 1. The van der Waals surface area contributed by atoms with Crippen LogP contribution in [0, 0.1) is 6.92 Å². The maximum Gasteiger partial charge on any atom is 0.416 e. The summed E-state index contributed by atoms with van der Waals surface area (Å²) < 4.78 is 75.1. The Morgan fingerprint density at radius 2 is 1.74 bits per heavy atom. The fraction of sp³-hybridized carbons (Fsp3) is 0.308. The van der Waals surface area contributed by atoms with Crippen molar-refractivity contribution in [2.45, 2.75) is 31.0 Å². The van der Waals surface area contributed by atoms with Gasteiger partial charge in [-0.2, -0.15) is 13.2 Å². The summed E-state index contributed by atoms with van der Waals surface area (Å²) >= 11 is 0. The molecule has 1 N–H and O–H groups in total. The molecule has 0 fully saturated rings. The minimum atomic E-state index is -4.63. The van der Waals surface area contributed by atoms with Gasteiger partial charge in [-0.15, -0.1) is 0 Å². The lowest BCUT2D eigenvalue weighted by Gasteiger charge is -2.18. The number of halogens is 3. The van der Waals surface area contributed by atoms with Crippen LogP contribution in [0.5, 0.6) is 5.75 Å². The zero-order chi connectivity index (χ0) is 28.1. The van der Waals surface area contributed by atoms with E-state index in [0.717, 1.165) is 23.0 Å². The zero-order valence-electron chi connectivity index (χ0n) is 21.0. The van der Waals surface area contributed by atoms with Crippen molar-refractivity contribution in [3.63, 3.8) is 0 Å². The minimum Gasteiger partial charge on any atom is -0.492 e. The first-order chi connectivity index (χ1) is 17.8. The second-order valence-corrected chi connectivity index (χ2v) is 10.5. The number of alkyl halides is 3. The van der Waals surface area contributed by atoms with Gasteiger partial charge in [0.2, 0.25) is 0 Å². The van der Waals surface area contributed by atoms with Crippen molar-refractivity contribution in [3.05, 3.63) is 87.3 Å². The Kier molecular flexibility index (Phi) is 9.00. The highest BCUT2D eigenvalue weighted by molar-refractivity contribution is 7.90. The Hall–Kier alpha value is -3.64. The average molecular weight is 553 g/mol. The van der Waals surface area contributed by atoms with E-state index >= 15 is 0 Å². The van der Waals surface area contributed by atoms with Crippen molar-refractivity contribution in [2.75, 3.05) is 26.6 Å². The van der Waals surface area contributed by atoms with E-state index in [9.17, 15) is 31.2 Å². The minimum absolute atomic E-state index is 0.0240. The first kappa shape index (κ1) is 28.9. The molecule has 0 aliphatic carbocycles. The molecule has 0 atom stereocenters. The van der Waals surface area contributed by atoms with E-state index in [2.05, 4.69) is 5.32 Å². The number of pyridine rings is 1. The molecule has 0 unspecified atom stereocenters. The maximum atomic E-state index is 13.4. The molecule has 0 bridgehead atoms. The van der Waals surface area contributed by atoms with Gasteiger partial charge < -0.3 is 14.8 Å². The summed E-state index contributed by atoms with van der Waals surface area (Å²) in [6, 6.07) is 11.3. The summed E-state index contributed by atoms with van der Waals surface area (Å²) in [5, 5.41) is 2.59. The smallest absolute Gasteiger partial charge is 0.416 e. The summed E-state index contributed by atoms with van der Waals surface area (Å²) in [6.45, 7) is 2.07. The molecule has 0 radical (unpaired) electrons. The fourth-order valence-electron chi connectivity index (χ4n) is 3.64. The number of nitrogens with one attached hydrogen (secondary N) is 1. The summed E-state index contributed by atoms with van der Waals surface area (Å²) in [5.74, 6) is -0.620. The molecule has 204 valence electrons. The van der Waals surface area contributed by atoms with E-state index in [1.54, 1.807) is 0 Å². The first-order valence-electron chi connectivity index (χ1n) is 11.5. The zero-order valence-corrected chi connectivity index (χ0v) is 21.8. The molecule has 38 heavy (non-hydrogen) atoms. The quantitative estimate of drug-likeness (QED) is 0.383. The largest absolute Gasteiger partial charge is 0.492 e. The van der Waals surface area contributed by atoms with Crippen LogP contribution in [0.1, 0.15) is 33.6 Å². The maximum absolute atomic E-state index is 13.4. The fourth-order valence-corrected chi connectivity index (χ4v) is 4.27. The molecule has 1 aromatic heterocycles. The van der Waals surface area contributed by atoms with Gasteiger partial charge in [0, 0.05) is 44.7 Å². The molecule has 0 aliphatic rings. The lowest BCUT2D eigenvalue weighted by Crippen LogP contribution is -2.33. The standard InChI is InChI=1S/C26H27F3N2O6S/c1-17-23(37-13-5-12-36-2)15-22(24(32)30-16-18-8-10-21(11-9-18)38(3,34)35)25(33)31(17)20-7-4-6-19(14-20)26(27,28)29/h4,6-11,14-15H,5,12-13,16H2,1-3H3,(H,30,32). The van der Waals surface area contributed by atoms with Gasteiger partial charge in [0.15, 0.2) is 9.84 Å². The van der Waals surface area contributed by atoms with Gasteiger partial charge in [-0.1, -0.05) is 18.2 Å². The Labute approximate surface area is 217 Å². The van der Waals surface area contributed by atoms with Crippen molar-refractivity contribution < 1.29 is 35.9 Å². The highest BCUT2D eigenvalue weighted by Gasteiger charge is 2.31. The topological polar surface area (TPSA) is 104 Å². The van der Waals surface area contributed by atoms with Crippen LogP contribution in [0.2, 0.25) is 0 Å². The molecule has 0 saturated heterocycles. The molecule has 3 aromatic rings. The average Bonchev–Trinajstić information content (AvgIpc) is 2.86. The van der Waals surface area contributed by atoms with Crippen LogP contribution in [-0.2, 0) is 27.3 Å². The highest BCUT2D eigenvalue weighted by Crippen LogP contribution is 2.31. The van der Waals surface area contributed by atoms with E-state index in [1.165, 1.54) is 56.5 Å². The van der Waals surface area contributed by atoms with Gasteiger partial charge in [-0.25, -0.2) is 8.42 Å². The van der Waals surface area contributed by atoms with Crippen LogP contribution in [0.25, 0.3) is 5.69 Å². The van der Waals surface area contributed by atoms with Crippen molar-refractivity contribution in [3.8, 4) is 11.4 Å². The lowest BCUT2D eigenvalue weighted by molar-refractivity contribution is -0.137. The number of hydrogen-bond acceptors (Lipinski definition) is 6. The van der Waals surface area contributed by atoms with Crippen molar-refractivity contribution in [1.29, 1.82) is 0 Å². The van der Waals surface area contributed by atoms with E-state index in [-0.39, 0.29) is 40.7 Å². The third-order valence-electron chi connectivity index (χ3n) is 5.63. The van der Waals surface area contributed by atoms with Crippen molar-refractivity contribution in [1.82, 2.24) is 9.88 Å². The first-order valence-corrected chi connectivity index (χ1v) is 13.4. The summed E-state index contributed by atoms with van der Waals surface area (Å²) in [6.07, 6.45) is -3.05. The van der Waals surface area contributed by atoms with Gasteiger partial charge in [0.05, 0.1) is 22.8 Å². The number of amides is 1. The van der Waals surface area contributed by atoms with Gasteiger partial charge in [0.1, 0.15) is 11.3 Å². The molecule has 0 aliphatic heterocycles. The number of sulfone groups is 1. The number of aromatic nitrogens is 1. The third kappa shape index (κ3) is 7.01. The second kappa shape index (κ2) is 11.8. The van der Waals surface area contributed by atoms with E-state index < -0.39 is 33.0 Å². The molecule has 12 heteroatoms. The van der Waals surface area contributed by atoms with Crippen LogP contribution < -0.4 is 15.6 Å². The predicted octanol–water partition coefficient (Wildman–Crippen LogP) is 3.91. The molecule has 1 heterocycles. The van der Waals surface area contributed by atoms with Crippen molar-refractivity contribution >= 4 is 15.7 Å². The Morgan fingerprint density at radius 3 is 2.34 bits per heavy atom. The Balaban J connectivity index is 1.98. The van der Waals surface area contributed by atoms with Gasteiger partial charge >= 0.3 is 6.18 Å². The lowest BCUT2D eigenvalue weighted by atomic mass is 10.1. The Morgan fingerprint density at radius 1 is 1.05 bits per heavy atom. The molecule has 3 rings (SSSR count). The van der Waals surface area contributed by atoms with E-state index in [4.69, 9.17) is 9.47 Å². The Bertz CT molecular complexity index is 1470. The predicted molar refractivity (Wildman–Crippen MR) is 134 cm³/mol. The molecular weight excluding hydrogens is 525 g/mol. The number of hydrogen-bond donors (Lipinski definition) is 1. The normalized spacial score (nSPS) is 11.8. The number of nitrogens with zero attached hydrogens (tertiary/aromatic N) is 1. The number of ether oxygens (including phenoxy) is 2. The molecule has 0 saturated carbocycles. The SMILES string of the molecule is COCCCOc1cc(C(=O)NCc2ccc(S(C)(=O)=O)cc2)c(=O)n(-c2cccc(C(F)(F)F)c2)c1C. The monoisotopic (exact) mass is 552 g/mol. The summed E-state index contributed by atoms with van der Waals surface area (Å²) in [4.78, 5) is 26.5. The van der Waals surface area contributed by atoms with Crippen LogP contribution >= 0.6 is 0 Å². The molecule has 2 aromatic carbocycles. The molecule has 0 spiro atoms. The van der Waals surface area contributed by atoms with E-state index in [1.807, 2.05) is 0 Å². The van der Waals surface area contributed by atoms with E-state index in [0.29, 0.717) is 18.6 Å². The van der Waals surface area contributed by atoms with Crippen LogP contribution in [-0.4, -0.2) is 45.5 Å². The summed E-state index contributed by atoms with van der Waals surface area (Å²) in [5.41, 5.74) is -1.38. The second-order valence-electron chi connectivity index (χ2n) is 8.49. The van der Waals surface area contributed by atoms with Gasteiger partial charge in [-0.05, 0) is 42.8 Å². The number of rotatable bonds is 10. The van der Waals surface area contributed by atoms with Crippen LogP contribution in [0.15, 0.2) is 64.3 Å². The highest BCUT2D eigenvalue weighted by atomic mass is 32.2. The molecular formula is C26H27F3N2O6S. The van der Waals surface area contributed by atoms with Gasteiger partial charge in [0.25, 0.3) is 11.5 Å². The van der Waals surface area contributed by atoms with Gasteiger partial charge in [-0.3, -0.25) is 14.2 Å². The van der Waals surface area contributed by atoms with Crippen LogP contribution in [0.3, 0.4) is 0 Å². The van der Waals surface area contributed by atoms with Crippen molar-refractivity contribution in [2.24, 2.45) is 0 Å².